The molecule has 0 aliphatic carbocycles. The third-order valence-electron chi connectivity index (χ3n) is 2.81. The number of benzene rings is 2. The molecule has 6 heteroatoms. The normalized spacial score (nSPS) is 9.91. The number of rotatable bonds is 5. The highest BCUT2D eigenvalue weighted by atomic mass is 35.5. The lowest BCUT2D eigenvalue weighted by molar-refractivity contribution is -0.119. The van der Waals surface area contributed by atoms with Crippen molar-refractivity contribution in [2.45, 2.75) is 0 Å². The molecule has 0 spiro atoms. The molecule has 0 aromatic heterocycles. The average molecular weight is 320 g/mol. The molecule has 1 N–H and O–H groups in total. The molecule has 1 amide bonds. The molecule has 0 saturated carbocycles. The summed E-state index contributed by atoms with van der Waals surface area (Å²) in [6.45, 7) is -0.393. The smallest absolute Gasteiger partial charge is 0.338 e. The summed E-state index contributed by atoms with van der Waals surface area (Å²) in [6, 6.07) is 13.2. The van der Waals surface area contributed by atoms with Crippen LogP contribution < -0.4 is 10.1 Å². The van der Waals surface area contributed by atoms with Crippen LogP contribution in [0.4, 0.5) is 5.69 Å². The van der Waals surface area contributed by atoms with Gasteiger partial charge in [-0.05, 0) is 36.4 Å². The first-order valence-corrected chi connectivity index (χ1v) is 6.83. The molecule has 0 radical (unpaired) electrons. The third kappa shape index (κ3) is 4.23. The van der Waals surface area contributed by atoms with E-state index in [0.29, 0.717) is 22.0 Å². The second-order valence-corrected chi connectivity index (χ2v) is 4.74. The molecule has 2 aromatic carbocycles. The fourth-order valence-electron chi connectivity index (χ4n) is 1.69. The van der Waals surface area contributed by atoms with Crippen LogP contribution in [-0.2, 0) is 9.53 Å². The Bertz CT molecular complexity index is 670. The van der Waals surface area contributed by atoms with Gasteiger partial charge < -0.3 is 14.8 Å². The zero-order chi connectivity index (χ0) is 15.9. The molecule has 0 heterocycles. The van der Waals surface area contributed by atoms with Crippen molar-refractivity contribution in [2.24, 2.45) is 0 Å². The van der Waals surface area contributed by atoms with Gasteiger partial charge in [0.2, 0.25) is 0 Å². The van der Waals surface area contributed by atoms with E-state index in [1.165, 1.54) is 7.11 Å². The number of para-hydroxylation sites is 1. The van der Waals surface area contributed by atoms with Crippen LogP contribution in [0.25, 0.3) is 0 Å². The molecule has 0 aliphatic heterocycles. The molecular weight excluding hydrogens is 306 g/mol. The largest absolute Gasteiger partial charge is 0.497 e. The van der Waals surface area contributed by atoms with Crippen molar-refractivity contribution in [2.75, 3.05) is 19.0 Å². The number of carbonyl (C=O) groups excluding carboxylic acids is 2. The minimum atomic E-state index is -0.586. The predicted octanol–water partition coefficient (Wildman–Crippen LogP) is 3.14. The van der Waals surface area contributed by atoms with Gasteiger partial charge in [-0.1, -0.05) is 23.7 Å². The third-order valence-corrected chi connectivity index (χ3v) is 3.14. The molecule has 2 rings (SSSR count). The monoisotopic (exact) mass is 319 g/mol. The van der Waals surface area contributed by atoms with Crippen molar-refractivity contribution in [1.29, 1.82) is 0 Å². The zero-order valence-electron chi connectivity index (χ0n) is 11.8. The maximum Gasteiger partial charge on any atom is 0.338 e. The van der Waals surface area contributed by atoms with E-state index >= 15 is 0 Å². The maximum absolute atomic E-state index is 11.8. The number of nitrogens with one attached hydrogen (secondary N) is 1. The van der Waals surface area contributed by atoms with E-state index in [1.54, 1.807) is 48.5 Å². The van der Waals surface area contributed by atoms with Gasteiger partial charge in [-0.3, -0.25) is 4.79 Å². The molecule has 2 aromatic rings. The molecule has 0 aliphatic rings. The molecule has 0 fully saturated rings. The fourth-order valence-corrected chi connectivity index (χ4v) is 1.87. The van der Waals surface area contributed by atoms with Gasteiger partial charge in [0.1, 0.15) is 5.75 Å². The SMILES string of the molecule is COc1ccc(C(=O)OCC(=O)Nc2ccccc2Cl)cc1. The number of halogens is 1. The number of hydrogen-bond acceptors (Lipinski definition) is 4. The van der Waals surface area contributed by atoms with Gasteiger partial charge in [0.25, 0.3) is 5.91 Å². The Morgan fingerprint density at radius 1 is 1.09 bits per heavy atom. The highest BCUT2D eigenvalue weighted by molar-refractivity contribution is 6.33. The second-order valence-electron chi connectivity index (χ2n) is 4.33. The average Bonchev–Trinajstić information content (AvgIpc) is 2.55. The fraction of sp³-hybridized carbons (Fsp3) is 0.125. The van der Waals surface area contributed by atoms with Gasteiger partial charge >= 0.3 is 5.97 Å². The number of carbonyl (C=O) groups is 2. The number of esters is 1. The molecule has 0 atom stereocenters. The van der Waals surface area contributed by atoms with E-state index in [2.05, 4.69) is 5.32 Å². The summed E-state index contributed by atoms with van der Waals surface area (Å²) in [4.78, 5) is 23.5. The number of amides is 1. The molecule has 0 saturated heterocycles. The molecule has 5 nitrogen and oxygen atoms in total. The van der Waals surface area contributed by atoms with Crippen LogP contribution in [0.2, 0.25) is 5.02 Å². The van der Waals surface area contributed by atoms with E-state index in [0.717, 1.165) is 0 Å². The van der Waals surface area contributed by atoms with Gasteiger partial charge in [0.15, 0.2) is 6.61 Å². The zero-order valence-corrected chi connectivity index (χ0v) is 12.6. The van der Waals surface area contributed by atoms with Crippen LogP contribution >= 0.6 is 11.6 Å². The molecule has 0 unspecified atom stereocenters. The number of anilines is 1. The van der Waals surface area contributed by atoms with Crippen LogP contribution in [0.15, 0.2) is 48.5 Å². The lowest BCUT2D eigenvalue weighted by Crippen LogP contribution is -2.21. The Balaban J connectivity index is 1.87. The highest BCUT2D eigenvalue weighted by Crippen LogP contribution is 2.20. The molecule has 22 heavy (non-hydrogen) atoms. The Morgan fingerprint density at radius 3 is 2.41 bits per heavy atom. The minimum absolute atomic E-state index is 0.339. The van der Waals surface area contributed by atoms with Crippen LogP contribution in [-0.4, -0.2) is 25.6 Å². The van der Waals surface area contributed by atoms with Gasteiger partial charge in [-0.25, -0.2) is 4.79 Å². The van der Waals surface area contributed by atoms with Crippen molar-refractivity contribution in [3.63, 3.8) is 0 Å². The standard InChI is InChI=1S/C16H14ClNO4/c1-21-12-8-6-11(7-9-12)16(20)22-10-15(19)18-14-5-3-2-4-13(14)17/h2-9H,10H2,1H3,(H,18,19). The summed E-state index contributed by atoms with van der Waals surface area (Å²) in [5, 5.41) is 2.98. The van der Waals surface area contributed by atoms with Crippen LogP contribution in [0, 0.1) is 0 Å². The summed E-state index contributed by atoms with van der Waals surface area (Å²) in [6.07, 6.45) is 0. The van der Waals surface area contributed by atoms with Gasteiger partial charge in [0, 0.05) is 0 Å². The predicted molar refractivity (Wildman–Crippen MR) is 83.4 cm³/mol. The summed E-state index contributed by atoms with van der Waals surface area (Å²) in [7, 11) is 1.53. The van der Waals surface area contributed by atoms with Crippen molar-refractivity contribution >= 4 is 29.2 Å². The quantitative estimate of drug-likeness (QED) is 0.860. The van der Waals surface area contributed by atoms with Gasteiger partial charge in [0.05, 0.1) is 23.4 Å². The van der Waals surface area contributed by atoms with E-state index in [9.17, 15) is 9.59 Å². The van der Waals surface area contributed by atoms with Crippen molar-refractivity contribution in [3.05, 3.63) is 59.1 Å². The van der Waals surface area contributed by atoms with Crippen LogP contribution in [0.3, 0.4) is 0 Å². The second kappa shape index (κ2) is 7.47. The summed E-state index contributed by atoms with van der Waals surface area (Å²) in [5.74, 6) is -0.417. The van der Waals surface area contributed by atoms with E-state index < -0.39 is 18.5 Å². The number of ether oxygens (including phenoxy) is 2. The Morgan fingerprint density at radius 2 is 1.77 bits per heavy atom. The lowest BCUT2D eigenvalue weighted by atomic mass is 10.2. The van der Waals surface area contributed by atoms with E-state index in [1.807, 2.05) is 0 Å². The first-order chi connectivity index (χ1) is 10.6. The summed E-state index contributed by atoms with van der Waals surface area (Å²) >= 11 is 5.92. The Labute approximate surface area is 132 Å². The van der Waals surface area contributed by atoms with Crippen molar-refractivity contribution in [3.8, 4) is 5.75 Å². The first-order valence-electron chi connectivity index (χ1n) is 6.45. The lowest BCUT2D eigenvalue weighted by Gasteiger charge is -2.08. The number of hydrogen-bond donors (Lipinski definition) is 1. The summed E-state index contributed by atoms with van der Waals surface area (Å²) < 4.78 is 9.94. The van der Waals surface area contributed by atoms with Gasteiger partial charge in [-0.2, -0.15) is 0 Å². The minimum Gasteiger partial charge on any atom is -0.497 e. The first kappa shape index (κ1) is 15.9. The van der Waals surface area contributed by atoms with Crippen LogP contribution in [0.5, 0.6) is 5.75 Å². The van der Waals surface area contributed by atoms with E-state index in [4.69, 9.17) is 21.1 Å². The summed E-state index contributed by atoms with van der Waals surface area (Å²) in [5.41, 5.74) is 0.806. The molecular formula is C16H14ClNO4. The van der Waals surface area contributed by atoms with Gasteiger partial charge in [-0.15, -0.1) is 0 Å². The van der Waals surface area contributed by atoms with Crippen LogP contribution in [0.1, 0.15) is 10.4 Å². The maximum atomic E-state index is 11.8. The van der Waals surface area contributed by atoms with Crippen molar-refractivity contribution in [1.82, 2.24) is 0 Å². The molecule has 114 valence electrons. The topological polar surface area (TPSA) is 64.6 Å². The molecule has 0 bridgehead atoms. The highest BCUT2D eigenvalue weighted by Gasteiger charge is 2.11. The van der Waals surface area contributed by atoms with Crippen molar-refractivity contribution < 1.29 is 19.1 Å². The number of methoxy groups -OCH3 is 1. The Kier molecular flexibility index (Phi) is 5.38. The van der Waals surface area contributed by atoms with E-state index in [-0.39, 0.29) is 0 Å². The Hall–Kier alpha value is -2.53.